The van der Waals surface area contributed by atoms with Crippen molar-refractivity contribution in [3.05, 3.63) is 29.8 Å². The van der Waals surface area contributed by atoms with Crippen molar-refractivity contribution in [2.75, 3.05) is 38.8 Å². The molecule has 3 saturated heterocycles. The first-order chi connectivity index (χ1) is 11.7. The van der Waals surface area contributed by atoms with Crippen LogP contribution in [0.5, 0.6) is 5.75 Å². The number of fused-ring (bicyclic) bond motifs is 4. The minimum Gasteiger partial charge on any atom is -0.497 e. The second-order valence-corrected chi connectivity index (χ2v) is 7.91. The molecule has 1 amide bonds. The summed E-state index contributed by atoms with van der Waals surface area (Å²) >= 11 is 1.76. The maximum atomic E-state index is 12.5. The highest BCUT2D eigenvalue weighted by molar-refractivity contribution is 7.98. The van der Waals surface area contributed by atoms with Crippen molar-refractivity contribution in [2.24, 2.45) is 5.92 Å². The molecule has 0 saturated carbocycles. The van der Waals surface area contributed by atoms with E-state index < -0.39 is 0 Å². The number of piperidine rings is 1. The van der Waals surface area contributed by atoms with E-state index in [0.717, 1.165) is 44.1 Å². The minimum absolute atomic E-state index is 0.352. The molecule has 3 aliphatic rings. The topological polar surface area (TPSA) is 32.8 Å². The van der Waals surface area contributed by atoms with Gasteiger partial charge in [0.2, 0.25) is 5.91 Å². The van der Waals surface area contributed by atoms with E-state index in [0.29, 0.717) is 24.3 Å². The average Bonchev–Trinajstić information content (AvgIpc) is 2.91. The van der Waals surface area contributed by atoms with Crippen molar-refractivity contribution >= 4 is 17.7 Å². The van der Waals surface area contributed by atoms with Crippen LogP contribution in [-0.4, -0.2) is 60.5 Å². The number of hydrogen-bond donors (Lipinski definition) is 0. The van der Waals surface area contributed by atoms with E-state index in [2.05, 4.69) is 28.2 Å². The molecule has 24 heavy (non-hydrogen) atoms. The number of nitrogens with zero attached hydrogens (tertiary/aromatic N) is 2. The Labute approximate surface area is 149 Å². The van der Waals surface area contributed by atoms with Crippen LogP contribution in [0.3, 0.4) is 0 Å². The second kappa shape index (κ2) is 8.26. The number of benzene rings is 1. The summed E-state index contributed by atoms with van der Waals surface area (Å²) < 4.78 is 5.24. The molecule has 132 valence electrons. The van der Waals surface area contributed by atoms with Crippen molar-refractivity contribution in [3.8, 4) is 5.75 Å². The van der Waals surface area contributed by atoms with Gasteiger partial charge in [0.15, 0.2) is 0 Å². The zero-order valence-electron chi connectivity index (χ0n) is 14.7. The van der Waals surface area contributed by atoms with E-state index >= 15 is 0 Å². The largest absolute Gasteiger partial charge is 0.497 e. The Hall–Kier alpha value is -1.20. The van der Waals surface area contributed by atoms with Gasteiger partial charge in [0, 0.05) is 44.4 Å². The molecular formula is C19H28N2O2S. The van der Waals surface area contributed by atoms with Crippen LogP contribution < -0.4 is 4.74 Å². The van der Waals surface area contributed by atoms with Crippen molar-refractivity contribution in [1.29, 1.82) is 0 Å². The Morgan fingerprint density at radius 3 is 2.71 bits per heavy atom. The fourth-order valence-corrected chi connectivity index (χ4v) is 4.31. The van der Waals surface area contributed by atoms with Gasteiger partial charge in [-0.3, -0.25) is 9.69 Å². The summed E-state index contributed by atoms with van der Waals surface area (Å²) in [5.41, 5.74) is 1.32. The second-order valence-electron chi connectivity index (χ2n) is 6.93. The lowest BCUT2D eigenvalue weighted by molar-refractivity contribution is -0.134. The minimum atomic E-state index is 0.352. The molecule has 4 rings (SSSR count). The number of methoxy groups -OCH3 is 1. The van der Waals surface area contributed by atoms with Crippen LogP contribution in [-0.2, 0) is 11.3 Å². The van der Waals surface area contributed by atoms with Gasteiger partial charge in [-0.25, -0.2) is 0 Å². The van der Waals surface area contributed by atoms with Gasteiger partial charge in [0.1, 0.15) is 5.75 Å². The van der Waals surface area contributed by atoms with Crippen molar-refractivity contribution in [2.45, 2.75) is 31.8 Å². The molecule has 4 nitrogen and oxygen atoms in total. The number of hydrogen-bond acceptors (Lipinski definition) is 4. The van der Waals surface area contributed by atoms with Crippen LogP contribution in [0, 0.1) is 5.92 Å². The molecule has 0 spiro atoms. The van der Waals surface area contributed by atoms with Gasteiger partial charge < -0.3 is 9.64 Å². The SMILES string of the molecule is COc1ccc(CN2C[C@H]3CC[C@@H](C2)N(C(=O)CCSC)C3)cc1. The zero-order chi connectivity index (χ0) is 16.9. The number of carbonyl (C=O) groups is 1. The molecule has 3 fully saturated rings. The fraction of sp³-hybridized carbons (Fsp3) is 0.632. The molecule has 0 unspecified atom stereocenters. The van der Waals surface area contributed by atoms with E-state index in [1.165, 1.54) is 12.0 Å². The molecule has 0 aliphatic carbocycles. The predicted molar refractivity (Wildman–Crippen MR) is 99.5 cm³/mol. The summed E-state index contributed by atoms with van der Waals surface area (Å²) in [6, 6.07) is 8.75. The summed E-state index contributed by atoms with van der Waals surface area (Å²) in [7, 11) is 1.70. The number of thioether (sulfide) groups is 1. The lowest BCUT2D eigenvalue weighted by Crippen LogP contribution is -2.47. The van der Waals surface area contributed by atoms with E-state index in [-0.39, 0.29) is 0 Å². The van der Waals surface area contributed by atoms with Gasteiger partial charge in [0.05, 0.1) is 7.11 Å². The van der Waals surface area contributed by atoms with E-state index in [9.17, 15) is 4.79 Å². The third kappa shape index (κ3) is 4.25. The van der Waals surface area contributed by atoms with Gasteiger partial charge in [-0.2, -0.15) is 11.8 Å². The van der Waals surface area contributed by atoms with Gasteiger partial charge >= 0.3 is 0 Å². The summed E-state index contributed by atoms with van der Waals surface area (Å²) in [5, 5.41) is 0. The highest BCUT2D eigenvalue weighted by Gasteiger charge is 2.36. The molecule has 1 aromatic carbocycles. The Morgan fingerprint density at radius 1 is 1.21 bits per heavy atom. The molecule has 0 radical (unpaired) electrons. The molecule has 5 heteroatoms. The lowest BCUT2D eigenvalue weighted by atomic mass is 9.95. The molecule has 0 aromatic heterocycles. The summed E-state index contributed by atoms with van der Waals surface area (Å²) in [6.45, 7) is 4.03. The van der Waals surface area contributed by atoms with Gasteiger partial charge in [0.25, 0.3) is 0 Å². The van der Waals surface area contributed by atoms with Crippen LogP contribution in [0.25, 0.3) is 0 Å². The number of ether oxygens (including phenoxy) is 1. The third-order valence-corrected chi connectivity index (χ3v) is 5.81. The summed E-state index contributed by atoms with van der Waals surface area (Å²) in [6.07, 6.45) is 5.17. The van der Waals surface area contributed by atoms with Crippen LogP contribution >= 0.6 is 11.8 Å². The number of rotatable bonds is 6. The predicted octanol–water partition coefficient (Wildman–Crippen LogP) is 2.87. The monoisotopic (exact) mass is 348 g/mol. The van der Waals surface area contributed by atoms with Gasteiger partial charge in [-0.05, 0) is 42.7 Å². The lowest BCUT2D eigenvalue weighted by Gasteiger charge is -2.36. The normalized spacial score (nSPS) is 24.0. The van der Waals surface area contributed by atoms with E-state index in [1.54, 1.807) is 18.9 Å². The van der Waals surface area contributed by atoms with Crippen molar-refractivity contribution in [1.82, 2.24) is 9.80 Å². The first kappa shape index (κ1) is 17.6. The third-order valence-electron chi connectivity index (χ3n) is 5.19. The number of amides is 1. The Kier molecular flexibility index (Phi) is 6.06. The first-order valence-electron chi connectivity index (χ1n) is 8.83. The molecule has 0 N–H and O–H groups in total. The Bertz CT molecular complexity index is 549. The van der Waals surface area contributed by atoms with Crippen LogP contribution in [0.15, 0.2) is 24.3 Å². The van der Waals surface area contributed by atoms with Crippen LogP contribution in [0.1, 0.15) is 24.8 Å². The average molecular weight is 349 g/mol. The highest BCUT2D eigenvalue weighted by Crippen LogP contribution is 2.29. The van der Waals surface area contributed by atoms with Gasteiger partial charge in [-0.15, -0.1) is 0 Å². The van der Waals surface area contributed by atoms with Crippen molar-refractivity contribution < 1.29 is 9.53 Å². The first-order valence-corrected chi connectivity index (χ1v) is 10.2. The molecule has 3 aliphatic heterocycles. The van der Waals surface area contributed by atoms with Crippen molar-refractivity contribution in [3.63, 3.8) is 0 Å². The fourth-order valence-electron chi connectivity index (χ4n) is 3.94. The number of carbonyl (C=O) groups excluding carboxylic acids is 1. The quantitative estimate of drug-likeness (QED) is 0.791. The Morgan fingerprint density at radius 2 is 2.00 bits per heavy atom. The van der Waals surface area contributed by atoms with Crippen LogP contribution in [0.4, 0.5) is 0 Å². The smallest absolute Gasteiger partial charge is 0.223 e. The molecule has 2 bridgehead atoms. The molecule has 1 aromatic rings. The van der Waals surface area contributed by atoms with E-state index in [1.807, 2.05) is 12.1 Å². The standard InChI is InChI=1S/C19H28N2O2S/c1-23-18-7-4-15(5-8-18)11-20-12-16-3-6-17(14-20)21(13-16)19(22)9-10-24-2/h4-5,7-8,16-17H,3,6,9-14H2,1-2H3/t16-,17+/m1/s1. The highest BCUT2D eigenvalue weighted by atomic mass is 32.2. The summed E-state index contributed by atoms with van der Waals surface area (Å²) in [5.74, 6) is 2.81. The summed E-state index contributed by atoms with van der Waals surface area (Å²) in [4.78, 5) is 17.2. The van der Waals surface area contributed by atoms with Gasteiger partial charge in [-0.1, -0.05) is 12.1 Å². The molecular weight excluding hydrogens is 320 g/mol. The zero-order valence-corrected chi connectivity index (χ0v) is 15.6. The molecule has 3 heterocycles. The Balaban J connectivity index is 1.62. The maximum Gasteiger partial charge on any atom is 0.223 e. The van der Waals surface area contributed by atoms with Crippen LogP contribution in [0.2, 0.25) is 0 Å². The van der Waals surface area contributed by atoms with E-state index in [4.69, 9.17) is 4.74 Å². The molecule has 2 atom stereocenters. The maximum absolute atomic E-state index is 12.5.